The van der Waals surface area contributed by atoms with Crippen LogP contribution in [0.25, 0.3) is 5.69 Å². The molecule has 1 unspecified atom stereocenters. The molecule has 31 heavy (non-hydrogen) atoms. The molecular weight excluding hydrogens is 503 g/mol. The van der Waals surface area contributed by atoms with Crippen LogP contribution in [0.5, 0.6) is 0 Å². The number of aromatic nitrogens is 2. The summed E-state index contributed by atoms with van der Waals surface area (Å²) in [5.41, 5.74) is 2.27. The quantitative estimate of drug-likeness (QED) is 0.350. The van der Waals surface area contributed by atoms with Crippen LogP contribution in [0.1, 0.15) is 44.1 Å². The Morgan fingerprint density at radius 1 is 1.19 bits per heavy atom. The first kappa shape index (κ1) is 23.6. The molecule has 168 valence electrons. The molecule has 0 bridgehead atoms. The number of nitrogens with one attached hydrogen (secondary N) is 2. The van der Waals surface area contributed by atoms with E-state index in [0.717, 1.165) is 44.0 Å². The molecule has 8 heteroatoms. The number of benzene rings is 1. The fourth-order valence-electron chi connectivity index (χ4n) is 4.57. The summed E-state index contributed by atoms with van der Waals surface area (Å²) in [5.74, 6) is 1.37. The zero-order valence-electron chi connectivity index (χ0n) is 18.2. The lowest BCUT2D eigenvalue weighted by Gasteiger charge is -2.26. The number of amides is 1. The van der Waals surface area contributed by atoms with Crippen molar-refractivity contribution >= 4 is 35.8 Å². The number of likely N-dealkylation sites (tertiary alicyclic amines) is 1. The molecule has 0 radical (unpaired) electrons. The number of guanidine groups is 1. The van der Waals surface area contributed by atoms with E-state index in [4.69, 9.17) is 0 Å². The van der Waals surface area contributed by atoms with Crippen molar-refractivity contribution in [3.8, 4) is 5.69 Å². The van der Waals surface area contributed by atoms with Gasteiger partial charge in [0.05, 0.1) is 12.0 Å². The van der Waals surface area contributed by atoms with Crippen LogP contribution in [0.15, 0.2) is 48.0 Å². The Labute approximate surface area is 201 Å². The van der Waals surface area contributed by atoms with E-state index in [1.54, 1.807) is 13.2 Å². The first-order chi connectivity index (χ1) is 14.7. The fraction of sp³-hybridized carbons (Fsp3) is 0.522. The minimum atomic E-state index is 0. The SMILES string of the molecule is CN=C(NCc1ccccc1-n1ccnc1)NC1CCN(C(=O)C2CCCCC2)C1.I. The monoisotopic (exact) mass is 536 g/mol. The van der Waals surface area contributed by atoms with Crippen molar-refractivity contribution in [3.05, 3.63) is 48.5 Å². The van der Waals surface area contributed by atoms with Crippen molar-refractivity contribution in [2.75, 3.05) is 20.1 Å². The average molecular weight is 536 g/mol. The van der Waals surface area contributed by atoms with Gasteiger partial charge in [0.25, 0.3) is 0 Å². The third kappa shape index (κ3) is 5.99. The molecule has 2 aliphatic rings. The van der Waals surface area contributed by atoms with E-state index in [1.165, 1.54) is 24.8 Å². The number of imidazole rings is 1. The van der Waals surface area contributed by atoms with Gasteiger partial charge in [0.1, 0.15) is 0 Å². The van der Waals surface area contributed by atoms with Crippen LogP contribution >= 0.6 is 24.0 Å². The summed E-state index contributed by atoms with van der Waals surface area (Å²) in [6.45, 7) is 2.26. The van der Waals surface area contributed by atoms with Gasteiger partial charge >= 0.3 is 0 Å². The molecule has 1 saturated heterocycles. The van der Waals surface area contributed by atoms with Crippen molar-refractivity contribution in [1.82, 2.24) is 25.1 Å². The minimum absolute atomic E-state index is 0. The van der Waals surface area contributed by atoms with E-state index in [9.17, 15) is 4.79 Å². The van der Waals surface area contributed by atoms with Crippen LogP contribution in [-0.2, 0) is 11.3 Å². The third-order valence-corrected chi connectivity index (χ3v) is 6.24. The third-order valence-electron chi connectivity index (χ3n) is 6.24. The molecule has 1 atom stereocenters. The zero-order chi connectivity index (χ0) is 20.8. The molecule has 2 heterocycles. The molecule has 2 N–H and O–H groups in total. The second kappa shape index (κ2) is 11.5. The van der Waals surface area contributed by atoms with E-state index in [2.05, 4.69) is 37.6 Å². The van der Waals surface area contributed by atoms with Crippen molar-refractivity contribution in [2.24, 2.45) is 10.9 Å². The number of carbonyl (C=O) groups is 1. The van der Waals surface area contributed by atoms with Crippen LogP contribution in [0, 0.1) is 5.92 Å². The van der Waals surface area contributed by atoms with Crippen molar-refractivity contribution in [2.45, 2.75) is 51.1 Å². The van der Waals surface area contributed by atoms with Gasteiger partial charge in [-0.15, -0.1) is 24.0 Å². The number of halogens is 1. The summed E-state index contributed by atoms with van der Waals surface area (Å²) in [6.07, 6.45) is 12.3. The number of nitrogens with zero attached hydrogens (tertiary/aromatic N) is 4. The Hall–Kier alpha value is -2.10. The maximum atomic E-state index is 12.8. The lowest BCUT2D eigenvalue weighted by Crippen LogP contribution is -2.45. The molecule has 4 rings (SSSR count). The smallest absolute Gasteiger partial charge is 0.225 e. The summed E-state index contributed by atoms with van der Waals surface area (Å²) >= 11 is 0. The molecule has 1 aromatic carbocycles. The van der Waals surface area contributed by atoms with Gasteiger partial charge in [0.2, 0.25) is 5.91 Å². The first-order valence-electron chi connectivity index (χ1n) is 11.1. The van der Waals surface area contributed by atoms with E-state index in [1.807, 2.05) is 29.2 Å². The number of para-hydroxylation sites is 1. The largest absolute Gasteiger partial charge is 0.352 e. The number of rotatable bonds is 5. The maximum Gasteiger partial charge on any atom is 0.225 e. The summed E-state index contributed by atoms with van der Waals surface area (Å²) in [7, 11) is 1.79. The van der Waals surface area contributed by atoms with E-state index >= 15 is 0 Å². The van der Waals surface area contributed by atoms with Crippen molar-refractivity contribution in [3.63, 3.8) is 0 Å². The molecule has 1 aliphatic heterocycles. The summed E-state index contributed by atoms with van der Waals surface area (Å²) < 4.78 is 2.01. The molecule has 1 saturated carbocycles. The zero-order valence-corrected chi connectivity index (χ0v) is 20.5. The highest BCUT2D eigenvalue weighted by atomic mass is 127. The Morgan fingerprint density at radius 2 is 2.00 bits per heavy atom. The van der Waals surface area contributed by atoms with Gasteiger partial charge in [-0.25, -0.2) is 4.98 Å². The molecular formula is C23H33IN6O. The van der Waals surface area contributed by atoms with Crippen LogP contribution in [0.3, 0.4) is 0 Å². The van der Waals surface area contributed by atoms with Gasteiger partial charge in [-0.2, -0.15) is 0 Å². The highest BCUT2D eigenvalue weighted by molar-refractivity contribution is 14.0. The Morgan fingerprint density at radius 3 is 2.74 bits per heavy atom. The van der Waals surface area contributed by atoms with Crippen LogP contribution in [0.2, 0.25) is 0 Å². The van der Waals surface area contributed by atoms with Crippen LogP contribution < -0.4 is 10.6 Å². The van der Waals surface area contributed by atoms with Crippen molar-refractivity contribution < 1.29 is 4.79 Å². The molecule has 2 fully saturated rings. The maximum absolute atomic E-state index is 12.8. The van der Waals surface area contributed by atoms with E-state index < -0.39 is 0 Å². The summed E-state index contributed by atoms with van der Waals surface area (Å²) in [4.78, 5) is 23.4. The number of aliphatic imine (C=N–C) groups is 1. The predicted molar refractivity (Wildman–Crippen MR) is 134 cm³/mol. The first-order valence-corrected chi connectivity index (χ1v) is 11.1. The normalized spacial score (nSPS) is 19.7. The van der Waals surface area contributed by atoms with Gasteiger partial charge in [-0.1, -0.05) is 37.5 Å². The molecule has 1 amide bonds. The lowest BCUT2D eigenvalue weighted by atomic mass is 9.88. The average Bonchev–Trinajstić information content (AvgIpc) is 3.49. The summed E-state index contributed by atoms with van der Waals surface area (Å²) in [6, 6.07) is 8.51. The topological polar surface area (TPSA) is 74.6 Å². The lowest BCUT2D eigenvalue weighted by molar-refractivity contribution is -0.135. The van der Waals surface area contributed by atoms with E-state index in [0.29, 0.717) is 12.5 Å². The van der Waals surface area contributed by atoms with Crippen LogP contribution in [-0.4, -0.2) is 52.5 Å². The Kier molecular flexibility index (Phi) is 8.74. The van der Waals surface area contributed by atoms with Gasteiger partial charge < -0.3 is 20.1 Å². The highest BCUT2D eigenvalue weighted by Gasteiger charge is 2.31. The predicted octanol–water partition coefficient (Wildman–Crippen LogP) is 3.34. The molecule has 7 nitrogen and oxygen atoms in total. The molecule has 2 aromatic rings. The summed E-state index contributed by atoms with van der Waals surface area (Å²) in [5, 5.41) is 6.93. The van der Waals surface area contributed by atoms with E-state index in [-0.39, 0.29) is 35.9 Å². The molecule has 1 aliphatic carbocycles. The van der Waals surface area contributed by atoms with Crippen LogP contribution in [0.4, 0.5) is 0 Å². The second-order valence-corrected chi connectivity index (χ2v) is 8.27. The second-order valence-electron chi connectivity index (χ2n) is 8.27. The Balaban J connectivity index is 0.00000272. The van der Waals surface area contributed by atoms with Gasteiger partial charge in [0.15, 0.2) is 5.96 Å². The highest BCUT2D eigenvalue weighted by Crippen LogP contribution is 2.26. The standard InChI is InChI=1S/C23H32N6O.HI/c1-24-23(26-15-19-9-5-6-10-21(19)29-14-12-25-17-29)27-20-11-13-28(16-20)22(30)18-7-3-2-4-8-18;/h5-6,9-10,12,14,17-18,20H,2-4,7-8,11,13,15-16H2,1H3,(H2,24,26,27);1H. The van der Waals surface area contributed by atoms with Crippen molar-refractivity contribution in [1.29, 1.82) is 0 Å². The minimum Gasteiger partial charge on any atom is -0.352 e. The number of carbonyl (C=O) groups excluding carboxylic acids is 1. The number of hydrogen-bond acceptors (Lipinski definition) is 3. The Bertz CT molecular complexity index is 863. The van der Waals surface area contributed by atoms with Gasteiger partial charge in [0, 0.05) is 51.0 Å². The number of hydrogen-bond donors (Lipinski definition) is 2. The fourth-order valence-corrected chi connectivity index (χ4v) is 4.57. The van der Waals surface area contributed by atoms with Gasteiger partial charge in [-0.05, 0) is 30.9 Å². The molecule has 1 aromatic heterocycles. The molecule has 0 spiro atoms. The van der Waals surface area contributed by atoms with Gasteiger partial charge in [-0.3, -0.25) is 9.79 Å².